The van der Waals surface area contributed by atoms with E-state index in [1.54, 1.807) is 18.5 Å². The first-order valence-corrected chi connectivity index (χ1v) is 7.02. The Morgan fingerprint density at radius 2 is 2.24 bits per heavy atom. The van der Waals surface area contributed by atoms with Gasteiger partial charge in [-0.25, -0.2) is 9.97 Å². The summed E-state index contributed by atoms with van der Waals surface area (Å²) < 4.78 is 5.21. The van der Waals surface area contributed by atoms with E-state index in [1.807, 2.05) is 12.1 Å². The fraction of sp³-hybridized carbons (Fsp3) is 0.400. The van der Waals surface area contributed by atoms with Crippen LogP contribution in [0.15, 0.2) is 35.1 Å². The molecule has 0 fully saturated rings. The zero-order valence-corrected chi connectivity index (χ0v) is 12.3. The van der Waals surface area contributed by atoms with Crippen LogP contribution in [0.4, 0.5) is 5.95 Å². The minimum Gasteiger partial charge on any atom is -0.467 e. The number of nitrogens with zero attached hydrogens (tertiary/aromatic N) is 2. The highest BCUT2D eigenvalue weighted by Gasteiger charge is 2.08. The highest BCUT2D eigenvalue weighted by molar-refractivity contribution is 5.92. The molecule has 0 aliphatic heterocycles. The molecule has 1 amide bonds. The molecule has 2 N–H and O–H groups in total. The third-order valence-corrected chi connectivity index (χ3v) is 2.90. The van der Waals surface area contributed by atoms with Gasteiger partial charge in [-0.3, -0.25) is 4.79 Å². The molecule has 2 rings (SSSR count). The van der Waals surface area contributed by atoms with E-state index in [9.17, 15) is 4.79 Å². The van der Waals surface area contributed by atoms with E-state index in [1.165, 1.54) is 0 Å². The van der Waals surface area contributed by atoms with Crippen LogP contribution >= 0.6 is 0 Å². The Kier molecular flexibility index (Phi) is 5.31. The van der Waals surface area contributed by atoms with Gasteiger partial charge in [0, 0.05) is 12.7 Å². The van der Waals surface area contributed by atoms with Crippen molar-refractivity contribution < 1.29 is 9.21 Å². The van der Waals surface area contributed by atoms with Gasteiger partial charge in [-0.2, -0.15) is 0 Å². The Balaban J connectivity index is 1.89. The van der Waals surface area contributed by atoms with Crippen molar-refractivity contribution in [1.82, 2.24) is 15.3 Å². The lowest BCUT2D eigenvalue weighted by Crippen LogP contribution is -2.26. The average Bonchev–Trinajstić information content (AvgIpc) is 2.98. The number of hydrogen-bond acceptors (Lipinski definition) is 5. The molecule has 21 heavy (non-hydrogen) atoms. The number of carbonyl (C=O) groups excluding carboxylic acids is 1. The van der Waals surface area contributed by atoms with Crippen LogP contribution in [0.1, 0.15) is 36.5 Å². The van der Waals surface area contributed by atoms with Gasteiger partial charge in [0.05, 0.1) is 12.8 Å². The summed E-state index contributed by atoms with van der Waals surface area (Å²) >= 11 is 0. The fourth-order valence-electron chi connectivity index (χ4n) is 1.71. The van der Waals surface area contributed by atoms with Gasteiger partial charge >= 0.3 is 0 Å². The Hall–Kier alpha value is -2.37. The first kappa shape index (κ1) is 15.0. The molecule has 6 heteroatoms. The standard InChI is InChI=1S/C15H20N4O2/c1-11(2)5-7-16-14(20)13-6-8-17-15(19-13)18-10-12-4-3-9-21-12/h3-4,6,8-9,11H,5,7,10H2,1-2H3,(H,16,20)(H,17,18,19). The van der Waals surface area contributed by atoms with Gasteiger partial charge in [0.2, 0.25) is 5.95 Å². The molecule has 0 unspecified atom stereocenters. The number of furan rings is 1. The zero-order chi connectivity index (χ0) is 15.1. The van der Waals surface area contributed by atoms with Crippen LogP contribution in [0.25, 0.3) is 0 Å². The molecular formula is C15H20N4O2. The van der Waals surface area contributed by atoms with Crippen LogP contribution in [0.5, 0.6) is 0 Å². The highest BCUT2D eigenvalue weighted by Crippen LogP contribution is 2.05. The molecule has 0 aromatic carbocycles. The van der Waals surface area contributed by atoms with Gasteiger partial charge in [0.1, 0.15) is 11.5 Å². The van der Waals surface area contributed by atoms with E-state index >= 15 is 0 Å². The van der Waals surface area contributed by atoms with E-state index in [0.29, 0.717) is 30.6 Å². The number of carbonyl (C=O) groups is 1. The Morgan fingerprint density at radius 3 is 2.95 bits per heavy atom. The third-order valence-electron chi connectivity index (χ3n) is 2.90. The molecule has 2 heterocycles. The number of rotatable bonds is 7. The molecule has 2 aromatic heterocycles. The molecule has 0 aliphatic rings. The van der Waals surface area contributed by atoms with Crippen LogP contribution in [-0.2, 0) is 6.54 Å². The summed E-state index contributed by atoms with van der Waals surface area (Å²) in [4.78, 5) is 20.2. The molecule has 2 aromatic rings. The van der Waals surface area contributed by atoms with E-state index in [0.717, 1.165) is 12.2 Å². The van der Waals surface area contributed by atoms with Gasteiger partial charge in [-0.05, 0) is 30.5 Å². The van der Waals surface area contributed by atoms with Crippen LogP contribution in [-0.4, -0.2) is 22.4 Å². The minimum absolute atomic E-state index is 0.181. The predicted molar refractivity (Wildman–Crippen MR) is 79.9 cm³/mol. The molecule has 112 valence electrons. The van der Waals surface area contributed by atoms with E-state index in [2.05, 4.69) is 34.4 Å². The Labute approximate surface area is 124 Å². The molecule has 0 saturated heterocycles. The highest BCUT2D eigenvalue weighted by atomic mass is 16.3. The number of amides is 1. The molecule has 0 spiro atoms. The molecular weight excluding hydrogens is 268 g/mol. The summed E-state index contributed by atoms with van der Waals surface area (Å²) in [5, 5.41) is 5.87. The number of aromatic nitrogens is 2. The van der Waals surface area contributed by atoms with E-state index < -0.39 is 0 Å². The van der Waals surface area contributed by atoms with Crippen molar-refractivity contribution in [1.29, 1.82) is 0 Å². The lowest BCUT2D eigenvalue weighted by atomic mass is 10.1. The molecule has 0 atom stereocenters. The summed E-state index contributed by atoms with van der Waals surface area (Å²) in [5.41, 5.74) is 0.357. The molecule has 0 saturated carbocycles. The van der Waals surface area contributed by atoms with E-state index in [4.69, 9.17) is 4.42 Å². The topological polar surface area (TPSA) is 80.0 Å². The van der Waals surface area contributed by atoms with E-state index in [-0.39, 0.29) is 5.91 Å². The first-order chi connectivity index (χ1) is 10.1. The Morgan fingerprint density at radius 1 is 1.38 bits per heavy atom. The number of anilines is 1. The summed E-state index contributed by atoms with van der Waals surface area (Å²) in [6, 6.07) is 5.27. The quantitative estimate of drug-likeness (QED) is 0.818. The summed E-state index contributed by atoms with van der Waals surface area (Å²) in [7, 11) is 0. The summed E-state index contributed by atoms with van der Waals surface area (Å²) in [5.74, 6) is 1.56. The predicted octanol–water partition coefficient (Wildman–Crippen LogP) is 2.46. The second kappa shape index (κ2) is 7.42. The van der Waals surface area contributed by atoms with Crippen molar-refractivity contribution >= 4 is 11.9 Å². The normalized spacial score (nSPS) is 10.6. The first-order valence-electron chi connectivity index (χ1n) is 7.02. The van der Waals surface area contributed by atoms with Gasteiger partial charge in [-0.1, -0.05) is 13.8 Å². The monoisotopic (exact) mass is 288 g/mol. The molecule has 0 bridgehead atoms. The lowest BCUT2D eigenvalue weighted by Gasteiger charge is -2.08. The van der Waals surface area contributed by atoms with Gasteiger partial charge in [-0.15, -0.1) is 0 Å². The van der Waals surface area contributed by atoms with Crippen molar-refractivity contribution in [3.8, 4) is 0 Å². The van der Waals surface area contributed by atoms with Gasteiger partial charge in [0.15, 0.2) is 0 Å². The van der Waals surface area contributed by atoms with Crippen molar-refractivity contribution in [3.63, 3.8) is 0 Å². The second-order valence-electron chi connectivity index (χ2n) is 5.14. The number of hydrogen-bond donors (Lipinski definition) is 2. The summed E-state index contributed by atoms with van der Waals surface area (Å²) in [6.45, 7) is 5.36. The van der Waals surface area contributed by atoms with Gasteiger partial charge in [0.25, 0.3) is 5.91 Å². The van der Waals surface area contributed by atoms with Crippen molar-refractivity contribution in [3.05, 3.63) is 42.1 Å². The second-order valence-corrected chi connectivity index (χ2v) is 5.14. The summed E-state index contributed by atoms with van der Waals surface area (Å²) in [6.07, 6.45) is 4.12. The van der Waals surface area contributed by atoms with Crippen molar-refractivity contribution in [2.75, 3.05) is 11.9 Å². The molecule has 0 aliphatic carbocycles. The smallest absolute Gasteiger partial charge is 0.270 e. The number of nitrogens with one attached hydrogen (secondary N) is 2. The lowest BCUT2D eigenvalue weighted by molar-refractivity contribution is 0.0947. The largest absolute Gasteiger partial charge is 0.467 e. The minimum atomic E-state index is -0.181. The average molecular weight is 288 g/mol. The fourth-order valence-corrected chi connectivity index (χ4v) is 1.71. The van der Waals surface area contributed by atoms with Crippen LogP contribution in [0.2, 0.25) is 0 Å². The van der Waals surface area contributed by atoms with Crippen LogP contribution < -0.4 is 10.6 Å². The molecule has 0 radical (unpaired) electrons. The van der Waals surface area contributed by atoms with Gasteiger partial charge < -0.3 is 15.1 Å². The SMILES string of the molecule is CC(C)CCNC(=O)c1ccnc(NCc2ccco2)n1. The molecule has 6 nitrogen and oxygen atoms in total. The third kappa shape index (κ3) is 4.91. The maximum atomic E-state index is 12.0. The van der Waals surface area contributed by atoms with Crippen LogP contribution in [0.3, 0.4) is 0 Å². The maximum absolute atomic E-state index is 12.0. The van der Waals surface area contributed by atoms with Crippen molar-refractivity contribution in [2.45, 2.75) is 26.8 Å². The zero-order valence-electron chi connectivity index (χ0n) is 12.3. The Bertz CT molecular complexity index is 567. The van der Waals surface area contributed by atoms with Crippen LogP contribution in [0, 0.1) is 5.92 Å². The van der Waals surface area contributed by atoms with Crippen molar-refractivity contribution in [2.24, 2.45) is 5.92 Å². The maximum Gasteiger partial charge on any atom is 0.270 e.